The van der Waals surface area contributed by atoms with Gasteiger partial charge in [0.25, 0.3) is 0 Å². The maximum atomic E-state index is 11.7. The molecule has 1 amide bonds. The van der Waals surface area contributed by atoms with Crippen molar-refractivity contribution < 1.29 is 4.79 Å². The summed E-state index contributed by atoms with van der Waals surface area (Å²) >= 11 is 6.22. The number of likely N-dealkylation sites (tertiary alicyclic amines) is 1. The predicted octanol–water partition coefficient (Wildman–Crippen LogP) is 2.37. The summed E-state index contributed by atoms with van der Waals surface area (Å²) in [5.74, 6) is 1.30. The maximum absolute atomic E-state index is 11.7. The molecule has 1 heterocycles. The van der Waals surface area contributed by atoms with Crippen LogP contribution < -0.4 is 10.6 Å². The standard InChI is InChI=1S/C20H32ClN5O/c1-22-20(23-11-10-18(27)25(2)3)24-14-16-8-6-12-26(4)19(16)15-7-5-9-17(21)13-15/h5,7,9,13,16,19H,6,8,10-12,14H2,1-4H3,(H2,22,23,24). The average Bonchev–Trinajstić information content (AvgIpc) is 2.64. The summed E-state index contributed by atoms with van der Waals surface area (Å²) in [4.78, 5) is 20.0. The molecule has 0 spiro atoms. The van der Waals surface area contributed by atoms with Crippen LogP contribution in [0.1, 0.15) is 30.9 Å². The molecule has 1 aromatic carbocycles. The van der Waals surface area contributed by atoms with Crippen LogP contribution in [0.15, 0.2) is 29.3 Å². The van der Waals surface area contributed by atoms with Gasteiger partial charge in [-0.25, -0.2) is 0 Å². The molecule has 27 heavy (non-hydrogen) atoms. The fourth-order valence-electron chi connectivity index (χ4n) is 3.65. The lowest BCUT2D eigenvalue weighted by atomic mass is 9.85. The molecule has 2 atom stereocenters. The zero-order valence-electron chi connectivity index (χ0n) is 16.8. The molecule has 150 valence electrons. The molecule has 0 aromatic heterocycles. The number of amides is 1. The van der Waals surface area contributed by atoms with Crippen LogP contribution >= 0.6 is 11.6 Å². The number of nitrogens with zero attached hydrogens (tertiary/aromatic N) is 3. The highest BCUT2D eigenvalue weighted by Crippen LogP contribution is 2.35. The summed E-state index contributed by atoms with van der Waals surface area (Å²) in [7, 11) is 7.47. The van der Waals surface area contributed by atoms with E-state index < -0.39 is 0 Å². The summed E-state index contributed by atoms with van der Waals surface area (Å²) in [6.45, 7) is 2.48. The van der Waals surface area contributed by atoms with Crippen LogP contribution in [0.25, 0.3) is 0 Å². The highest BCUT2D eigenvalue weighted by Gasteiger charge is 2.30. The van der Waals surface area contributed by atoms with Gasteiger partial charge in [-0.3, -0.25) is 14.7 Å². The number of piperidine rings is 1. The van der Waals surface area contributed by atoms with Crippen LogP contribution in [0.2, 0.25) is 5.02 Å². The van der Waals surface area contributed by atoms with Gasteiger partial charge in [0.2, 0.25) is 5.91 Å². The maximum Gasteiger partial charge on any atom is 0.223 e. The number of carbonyl (C=O) groups is 1. The minimum Gasteiger partial charge on any atom is -0.356 e. The van der Waals surface area contributed by atoms with Gasteiger partial charge in [0, 0.05) is 51.7 Å². The molecular formula is C20H32ClN5O. The molecule has 1 fully saturated rings. The number of benzene rings is 1. The lowest BCUT2D eigenvalue weighted by Gasteiger charge is -2.40. The van der Waals surface area contributed by atoms with E-state index in [0.717, 1.165) is 30.5 Å². The molecule has 2 unspecified atom stereocenters. The molecule has 7 heteroatoms. The third-order valence-electron chi connectivity index (χ3n) is 5.08. The minimum atomic E-state index is 0.105. The number of hydrogen-bond acceptors (Lipinski definition) is 3. The fraction of sp³-hybridized carbons (Fsp3) is 0.600. The second-order valence-electron chi connectivity index (χ2n) is 7.30. The Labute approximate surface area is 168 Å². The molecule has 1 aliphatic rings. The Bertz CT molecular complexity index is 649. The van der Waals surface area contributed by atoms with Gasteiger partial charge >= 0.3 is 0 Å². The Morgan fingerprint density at radius 1 is 1.37 bits per heavy atom. The monoisotopic (exact) mass is 393 g/mol. The van der Waals surface area contributed by atoms with Crippen LogP contribution in [0, 0.1) is 5.92 Å². The molecule has 0 aliphatic carbocycles. The molecule has 1 aromatic rings. The van der Waals surface area contributed by atoms with E-state index in [4.69, 9.17) is 11.6 Å². The Kier molecular flexibility index (Phi) is 8.38. The number of carbonyl (C=O) groups excluding carboxylic acids is 1. The van der Waals surface area contributed by atoms with Crippen molar-refractivity contribution in [2.24, 2.45) is 10.9 Å². The predicted molar refractivity (Wildman–Crippen MR) is 112 cm³/mol. The molecule has 0 bridgehead atoms. The normalized spacial score (nSPS) is 21.0. The van der Waals surface area contributed by atoms with E-state index >= 15 is 0 Å². The van der Waals surface area contributed by atoms with Crippen molar-refractivity contribution in [3.63, 3.8) is 0 Å². The molecule has 6 nitrogen and oxygen atoms in total. The number of halogens is 1. The van der Waals surface area contributed by atoms with Crippen molar-refractivity contribution in [3.8, 4) is 0 Å². The van der Waals surface area contributed by atoms with Crippen molar-refractivity contribution >= 4 is 23.5 Å². The van der Waals surface area contributed by atoms with E-state index in [1.54, 1.807) is 26.0 Å². The van der Waals surface area contributed by atoms with Crippen LogP contribution in [0.3, 0.4) is 0 Å². The van der Waals surface area contributed by atoms with Gasteiger partial charge in [-0.2, -0.15) is 0 Å². The molecule has 0 radical (unpaired) electrons. The van der Waals surface area contributed by atoms with Crippen molar-refractivity contribution in [3.05, 3.63) is 34.9 Å². The van der Waals surface area contributed by atoms with Gasteiger partial charge in [-0.05, 0) is 50.0 Å². The van der Waals surface area contributed by atoms with Gasteiger partial charge in [0.05, 0.1) is 0 Å². The Hall–Kier alpha value is -1.79. The second kappa shape index (κ2) is 10.5. The number of hydrogen-bond donors (Lipinski definition) is 2. The number of guanidine groups is 1. The molecule has 2 N–H and O–H groups in total. The third-order valence-corrected chi connectivity index (χ3v) is 5.32. The highest BCUT2D eigenvalue weighted by molar-refractivity contribution is 6.30. The van der Waals surface area contributed by atoms with Gasteiger partial charge < -0.3 is 15.5 Å². The molecule has 0 saturated carbocycles. The van der Waals surface area contributed by atoms with E-state index in [1.165, 1.54) is 12.0 Å². The van der Waals surface area contributed by atoms with Crippen LogP contribution in [0.5, 0.6) is 0 Å². The van der Waals surface area contributed by atoms with E-state index in [-0.39, 0.29) is 5.91 Å². The van der Waals surface area contributed by atoms with Gasteiger partial charge in [-0.15, -0.1) is 0 Å². The second-order valence-corrected chi connectivity index (χ2v) is 7.74. The van der Waals surface area contributed by atoms with Crippen LogP contribution in [-0.2, 0) is 4.79 Å². The molecule has 1 aliphatic heterocycles. The number of nitrogens with one attached hydrogen (secondary N) is 2. The van der Waals surface area contributed by atoms with Crippen molar-refractivity contribution in [2.75, 3.05) is 47.8 Å². The highest BCUT2D eigenvalue weighted by atomic mass is 35.5. The smallest absolute Gasteiger partial charge is 0.223 e. The van der Waals surface area contributed by atoms with Crippen LogP contribution in [-0.4, -0.2) is 69.5 Å². The van der Waals surface area contributed by atoms with Crippen LogP contribution in [0.4, 0.5) is 0 Å². The first-order valence-corrected chi connectivity index (χ1v) is 9.90. The first-order chi connectivity index (χ1) is 12.9. The first-order valence-electron chi connectivity index (χ1n) is 9.52. The number of rotatable bonds is 6. The minimum absolute atomic E-state index is 0.105. The quantitative estimate of drug-likeness (QED) is 0.575. The Balaban J connectivity index is 1.94. The summed E-state index contributed by atoms with van der Waals surface area (Å²) in [6.07, 6.45) is 2.79. The first kappa shape index (κ1) is 21.5. The van der Waals surface area contributed by atoms with E-state index in [9.17, 15) is 4.79 Å². The zero-order valence-corrected chi connectivity index (χ0v) is 17.6. The van der Waals surface area contributed by atoms with E-state index in [0.29, 0.717) is 24.9 Å². The molecular weight excluding hydrogens is 362 g/mol. The SMILES string of the molecule is CN=C(NCCC(=O)N(C)C)NCC1CCCN(C)C1c1cccc(Cl)c1. The summed E-state index contributed by atoms with van der Waals surface area (Å²) < 4.78 is 0. The van der Waals surface area contributed by atoms with E-state index in [1.807, 2.05) is 12.1 Å². The lowest BCUT2D eigenvalue weighted by molar-refractivity contribution is -0.128. The Morgan fingerprint density at radius 3 is 2.81 bits per heavy atom. The fourth-order valence-corrected chi connectivity index (χ4v) is 3.85. The largest absolute Gasteiger partial charge is 0.356 e. The summed E-state index contributed by atoms with van der Waals surface area (Å²) in [5.41, 5.74) is 1.26. The van der Waals surface area contributed by atoms with Crippen molar-refractivity contribution in [1.29, 1.82) is 0 Å². The lowest BCUT2D eigenvalue weighted by Crippen LogP contribution is -2.45. The topological polar surface area (TPSA) is 60.0 Å². The molecule has 1 saturated heterocycles. The molecule has 2 rings (SSSR count). The Morgan fingerprint density at radius 2 is 2.15 bits per heavy atom. The van der Waals surface area contributed by atoms with Gasteiger partial charge in [0.15, 0.2) is 5.96 Å². The van der Waals surface area contributed by atoms with E-state index in [2.05, 4.69) is 39.7 Å². The summed E-state index contributed by atoms with van der Waals surface area (Å²) in [5, 5.41) is 7.44. The van der Waals surface area contributed by atoms with Gasteiger partial charge in [0.1, 0.15) is 0 Å². The van der Waals surface area contributed by atoms with Crippen molar-refractivity contribution in [1.82, 2.24) is 20.4 Å². The van der Waals surface area contributed by atoms with Crippen molar-refractivity contribution in [2.45, 2.75) is 25.3 Å². The third kappa shape index (κ3) is 6.40. The average molecular weight is 394 g/mol. The zero-order chi connectivity index (χ0) is 19.8. The van der Waals surface area contributed by atoms with Gasteiger partial charge in [-0.1, -0.05) is 23.7 Å². The number of aliphatic imine (C=N–C) groups is 1. The summed E-state index contributed by atoms with van der Waals surface area (Å²) in [6, 6.07) is 8.50.